The third kappa shape index (κ3) is 5.13. The molecule has 112 valence electrons. The fourth-order valence-electron chi connectivity index (χ4n) is 2.16. The number of methoxy groups -OCH3 is 1. The van der Waals surface area contributed by atoms with Crippen LogP contribution in [0.2, 0.25) is 0 Å². The van der Waals surface area contributed by atoms with Crippen molar-refractivity contribution in [3.63, 3.8) is 0 Å². The normalized spacial score (nSPS) is 12.2. The molecule has 0 spiro atoms. The van der Waals surface area contributed by atoms with E-state index in [-0.39, 0.29) is 0 Å². The van der Waals surface area contributed by atoms with Crippen LogP contribution in [-0.4, -0.2) is 13.2 Å². The van der Waals surface area contributed by atoms with Crippen LogP contribution in [0.3, 0.4) is 0 Å². The SMILES string of the molecule is COc1ccc(CNC(C)Cc2ccc(Br)cc2)cc1Br. The number of hydrogen-bond acceptors (Lipinski definition) is 2. The maximum absolute atomic E-state index is 5.24. The molecule has 0 aliphatic rings. The van der Waals surface area contributed by atoms with Gasteiger partial charge < -0.3 is 10.1 Å². The van der Waals surface area contributed by atoms with Crippen molar-refractivity contribution in [2.75, 3.05) is 7.11 Å². The number of nitrogens with one attached hydrogen (secondary N) is 1. The number of halogens is 2. The van der Waals surface area contributed by atoms with E-state index in [2.05, 4.69) is 80.5 Å². The Labute approximate surface area is 143 Å². The molecule has 0 saturated heterocycles. The lowest BCUT2D eigenvalue weighted by atomic mass is 10.1. The summed E-state index contributed by atoms with van der Waals surface area (Å²) in [6.07, 6.45) is 1.02. The van der Waals surface area contributed by atoms with Crippen molar-refractivity contribution in [3.8, 4) is 5.75 Å². The van der Waals surface area contributed by atoms with Gasteiger partial charge in [0, 0.05) is 17.1 Å². The summed E-state index contributed by atoms with van der Waals surface area (Å²) < 4.78 is 7.35. The molecule has 1 unspecified atom stereocenters. The van der Waals surface area contributed by atoms with Gasteiger partial charge in [-0.2, -0.15) is 0 Å². The number of hydrogen-bond donors (Lipinski definition) is 1. The van der Waals surface area contributed by atoms with Crippen LogP contribution in [0.4, 0.5) is 0 Å². The van der Waals surface area contributed by atoms with E-state index in [1.807, 2.05) is 6.07 Å². The monoisotopic (exact) mass is 411 g/mol. The summed E-state index contributed by atoms with van der Waals surface area (Å²) in [5.41, 5.74) is 2.58. The Morgan fingerprint density at radius 1 is 1.05 bits per heavy atom. The highest BCUT2D eigenvalue weighted by molar-refractivity contribution is 9.10. The molecule has 0 amide bonds. The minimum Gasteiger partial charge on any atom is -0.496 e. The van der Waals surface area contributed by atoms with Gasteiger partial charge in [-0.1, -0.05) is 34.1 Å². The Kier molecular flexibility index (Phi) is 6.27. The summed E-state index contributed by atoms with van der Waals surface area (Å²) in [4.78, 5) is 0. The van der Waals surface area contributed by atoms with Gasteiger partial charge in [-0.3, -0.25) is 0 Å². The molecule has 2 aromatic rings. The standard InChI is InChI=1S/C17H19Br2NO/c1-12(9-13-3-6-15(18)7-4-13)20-11-14-5-8-17(21-2)16(19)10-14/h3-8,10,12,20H,9,11H2,1-2H3. The van der Waals surface area contributed by atoms with Crippen molar-refractivity contribution >= 4 is 31.9 Å². The molecular weight excluding hydrogens is 394 g/mol. The number of rotatable bonds is 6. The molecule has 0 aliphatic carbocycles. The molecule has 21 heavy (non-hydrogen) atoms. The Balaban J connectivity index is 1.87. The van der Waals surface area contributed by atoms with Gasteiger partial charge in [0.05, 0.1) is 11.6 Å². The van der Waals surface area contributed by atoms with E-state index < -0.39 is 0 Å². The molecule has 2 aromatic carbocycles. The van der Waals surface area contributed by atoms with Gasteiger partial charge >= 0.3 is 0 Å². The highest BCUT2D eigenvalue weighted by Gasteiger charge is 2.05. The summed E-state index contributed by atoms with van der Waals surface area (Å²) in [5.74, 6) is 0.863. The maximum Gasteiger partial charge on any atom is 0.133 e. The van der Waals surface area contributed by atoms with Crippen LogP contribution < -0.4 is 10.1 Å². The molecule has 2 nitrogen and oxygen atoms in total. The third-order valence-electron chi connectivity index (χ3n) is 3.33. The van der Waals surface area contributed by atoms with Gasteiger partial charge in [0.25, 0.3) is 0 Å². The lowest BCUT2D eigenvalue weighted by Gasteiger charge is -2.14. The van der Waals surface area contributed by atoms with Crippen LogP contribution >= 0.6 is 31.9 Å². The fourth-order valence-corrected chi connectivity index (χ4v) is 3.01. The first-order valence-electron chi connectivity index (χ1n) is 6.88. The molecule has 0 saturated carbocycles. The average Bonchev–Trinajstić information content (AvgIpc) is 2.48. The van der Waals surface area contributed by atoms with Gasteiger partial charge in [0.15, 0.2) is 0 Å². The minimum atomic E-state index is 0.423. The van der Waals surface area contributed by atoms with Crippen LogP contribution in [0.25, 0.3) is 0 Å². The van der Waals surface area contributed by atoms with E-state index in [0.29, 0.717) is 6.04 Å². The molecule has 1 N–H and O–H groups in total. The Morgan fingerprint density at radius 2 is 1.71 bits per heavy atom. The zero-order valence-electron chi connectivity index (χ0n) is 12.2. The Bertz CT molecular complexity index is 584. The first-order valence-corrected chi connectivity index (χ1v) is 8.47. The summed E-state index contributed by atoms with van der Waals surface area (Å²) in [6, 6.07) is 15.1. The number of ether oxygens (including phenoxy) is 1. The van der Waals surface area contributed by atoms with Crippen molar-refractivity contribution in [2.24, 2.45) is 0 Å². The summed E-state index contributed by atoms with van der Waals surface area (Å²) in [7, 11) is 1.68. The first-order chi connectivity index (χ1) is 10.1. The Hall–Kier alpha value is -0.840. The van der Waals surface area contributed by atoms with E-state index >= 15 is 0 Å². The third-order valence-corrected chi connectivity index (χ3v) is 4.47. The quantitative estimate of drug-likeness (QED) is 0.725. The second-order valence-corrected chi connectivity index (χ2v) is 6.85. The zero-order chi connectivity index (χ0) is 15.2. The molecule has 0 heterocycles. The molecular formula is C17H19Br2NO. The molecule has 0 radical (unpaired) electrons. The van der Waals surface area contributed by atoms with Crippen molar-refractivity contribution < 1.29 is 4.74 Å². The number of benzene rings is 2. The molecule has 0 bridgehead atoms. The predicted molar refractivity (Wildman–Crippen MR) is 94.8 cm³/mol. The van der Waals surface area contributed by atoms with Crippen LogP contribution in [0.1, 0.15) is 18.1 Å². The lowest BCUT2D eigenvalue weighted by molar-refractivity contribution is 0.412. The minimum absolute atomic E-state index is 0.423. The molecule has 4 heteroatoms. The summed E-state index contributed by atoms with van der Waals surface area (Å²) in [5, 5.41) is 3.55. The lowest BCUT2D eigenvalue weighted by Crippen LogP contribution is -2.27. The second kappa shape index (κ2) is 7.97. The molecule has 0 aromatic heterocycles. The van der Waals surface area contributed by atoms with Gasteiger partial charge in [0.2, 0.25) is 0 Å². The van der Waals surface area contributed by atoms with Gasteiger partial charge in [-0.15, -0.1) is 0 Å². The van der Waals surface area contributed by atoms with Crippen molar-refractivity contribution in [1.29, 1.82) is 0 Å². The largest absolute Gasteiger partial charge is 0.496 e. The fraction of sp³-hybridized carbons (Fsp3) is 0.294. The van der Waals surface area contributed by atoms with Gasteiger partial charge in [-0.05, 0) is 64.7 Å². The Morgan fingerprint density at radius 3 is 2.33 bits per heavy atom. The van der Waals surface area contributed by atoms with Gasteiger partial charge in [0.1, 0.15) is 5.75 Å². The topological polar surface area (TPSA) is 21.3 Å². The van der Waals surface area contributed by atoms with Crippen LogP contribution in [0.15, 0.2) is 51.4 Å². The second-order valence-electron chi connectivity index (χ2n) is 5.08. The van der Waals surface area contributed by atoms with E-state index in [4.69, 9.17) is 4.74 Å². The molecule has 0 aliphatic heterocycles. The van der Waals surface area contributed by atoms with Crippen LogP contribution in [0.5, 0.6) is 5.75 Å². The predicted octanol–water partition coefficient (Wildman–Crippen LogP) is 4.94. The highest BCUT2D eigenvalue weighted by Crippen LogP contribution is 2.25. The highest BCUT2D eigenvalue weighted by atomic mass is 79.9. The van der Waals surface area contributed by atoms with E-state index in [1.165, 1.54) is 11.1 Å². The average molecular weight is 413 g/mol. The van der Waals surface area contributed by atoms with Crippen molar-refractivity contribution in [1.82, 2.24) is 5.32 Å². The van der Waals surface area contributed by atoms with Crippen molar-refractivity contribution in [3.05, 3.63) is 62.5 Å². The van der Waals surface area contributed by atoms with Crippen LogP contribution in [-0.2, 0) is 13.0 Å². The van der Waals surface area contributed by atoms with E-state index in [9.17, 15) is 0 Å². The van der Waals surface area contributed by atoms with E-state index in [1.54, 1.807) is 7.11 Å². The summed E-state index contributed by atoms with van der Waals surface area (Å²) >= 11 is 6.98. The molecule has 0 fully saturated rings. The zero-order valence-corrected chi connectivity index (χ0v) is 15.4. The molecule has 2 rings (SSSR count). The van der Waals surface area contributed by atoms with Gasteiger partial charge in [-0.25, -0.2) is 0 Å². The van der Waals surface area contributed by atoms with E-state index in [0.717, 1.165) is 27.7 Å². The summed E-state index contributed by atoms with van der Waals surface area (Å²) in [6.45, 7) is 3.06. The maximum atomic E-state index is 5.24. The first kappa shape index (κ1) is 16.5. The van der Waals surface area contributed by atoms with Crippen molar-refractivity contribution in [2.45, 2.75) is 25.9 Å². The van der Waals surface area contributed by atoms with Crippen LogP contribution in [0, 0.1) is 0 Å². The smallest absolute Gasteiger partial charge is 0.133 e. The molecule has 1 atom stereocenters.